The Labute approximate surface area is 122 Å². The van der Waals surface area contributed by atoms with Gasteiger partial charge in [-0.3, -0.25) is 4.98 Å². The first-order valence-electron chi connectivity index (χ1n) is 7.39. The Morgan fingerprint density at radius 3 is 2.50 bits per heavy atom. The van der Waals surface area contributed by atoms with Crippen LogP contribution in [0.5, 0.6) is 0 Å². The maximum absolute atomic E-state index is 4.19. The Balaban J connectivity index is 2.10. The average Bonchev–Trinajstić information content (AvgIpc) is 2.43. The molecule has 2 rings (SSSR count). The van der Waals surface area contributed by atoms with Crippen molar-refractivity contribution in [2.45, 2.75) is 39.7 Å². The highest BCUT2D eigenvalue weighted by Gasteiger charge is 2.11. The van der Waals surface area contributed by atoms with Crippen molar-refractivity contribution >= 4 is 0 Å². The second-order valence-electron chi connectivity index (χ2n) is 5.43. The quantitative estimate of drug-likeness (QED) is 0.857. The van der Waals surface area contributed by atoms with Crippen molar-refractivity contribution in [3.8, 4) is 0 Å². The van der Waals surface area contributed by atoms with Crippen LogP contribution in [-0.4, -0.2) is 11.5 Å². The Morgan fingerprint density at radius 2 is 1.90 bits per heavy atom. The maximum atomic E-state index is 4.19. The van der Waals surface area contributed by atoms with E-state index < -0.39 is 0 Å². The molecule has 0 aliphatic rings. The van der Waals surface area contributed by atoms with E-state index in [1.54, 1.807) is 0 Å². The summed E-state index contributed by atoms with van der Waals surface area (Å²) in [4.78, 5) is 4.19. The number of aromatic nitrogens is 1. The van der Waals surface area contributed by atoms with Crippen molar-refractivity contribution in [2.75, 3.05) is 6.54 Å². The molecular formula is C18H24N2. The van der Waals surface area contributed by atoms with Crippen molar-refractivity contribution in [3.05, 3.63) is 65.0 Å². The van der Waals surface area contributed by atoms with E-state index in [0.29, 0.717) is 6.04 Å². The first-order valence-corrected chi connectivity index (χ1v) is 7.39. The van der Waals surface area contributed by atoms with Crippen LogP contribution in [0.15, 0.2) is 42.7 Å². The molecule has 1 aromatic carbocycles. The summed E-state index contributed by atoms with van der Waals surface area (Å²) in [5.74, 6) is 0. The smallest absolute Gasteiger partial charge is 0.0323 e. The minimum atomic E-state index is 0.416. The molecule has 1 N–H and O–H groups in total. The highest BCUT2D eigenvalue weighted by atomic mass is 14.9. The van der Waals surface area contributed by atoms with Crippen LogP contribution in [0.3, 0.4) is 0 Å². The minimum Gasteiger partial charge on any atom is -0.310 e. The van der Waals surface area contributed by atoms with Gasteiger partial charge in [0, 0.05) is 18.4 Å². The summed E-state index contributed by atoms with van der Waals surface area (Å²) in [6, 6.07) is 11.4. The molecule has 1 aromatic heterocycles. The number of aryl methyl sites for hydroxylation is 3. The third kappa shape index (κ3) is 4.17. The average molecular weight is 268 g/mol. The molecule has 2 nitrogen and oxygen atoms in total. The van der Waals surface area contributed by atoms with Crippen molar-refractivity contribution in [3.63, 3.8) is 0 Å². The predicted molar refractivity (Wildman–Crippen MR) is 84.9 cm³/mol. The first-order chi connectivity index (χ1) is 9.69. The summed E-state index contributed by atoms with van der Waals surface area (Å²) in [5, 5.41) is 3.60. The summed E-state index contributed by atoms with van der Waals surface area (Å²) < 4.78 is 0. The van der Waals surface area contributed by atoms with Crippen LogP contribution in [0.25, 0.3) is 0 Å². The van der Waals surface area contributed by atoms with E-state index in [2.05, 4.69) is 55.3 Å². The van der Waals surface area contributed by atoms with Gasteiger partial charge >= 0.3 is 0 Å². The number of hydrogen-bond acceptors (Lipinski definition) is 2. The molecule has 0 saturated carbocycles. The summed E-state index contributed by atoms with van der Waals surface area (Å²) in [6.07, 6.45) is 5.95. The molecule has 2 heteroatoms. The van der Waals surface area contributed by atoms with Gasteiger partial charge in [0.2, 0.25) is 0 Å². The van der Waals surface area contributed by atoms with Crippen LogP contribution in [0.4, 0.5) is 0 Å². The minimum absolute atomic E-state index is 0.416. The maximum Gasteiger partial charge on any atom is 0.0323 e. The van der Waals surface area contributed by atoms with Crippen LogP contribution in [-0.2, 0) is 6.42 Å². The van der Waals surface area contributed by atoms with Crippen LogP contribution < -0.4 is 5.32 Å². The number of benzene rings is 1. The van der Waals surface area contributed by atoms with Crippen LogP contribution in [0.1, 0.15) is 41.6 Å². The SMILES string of the molecule is CCNC(CCc1cccnc1)c1cc(C)cc(C)c1. The lowest BCUT2D eigenvalue weighted by Gasteiger charge is -2.19. The highest BCUT2D eigenvalue weighted by molar-refractivity contribution is 5.31. The fourth-order valence-electron chi connectivity index (χ4n) is 2.70. The summed E-state index contributed by atoms with van der Waals surface area (Å²) in [7, 11) is 0. The summed E-state index contributed by atoms with van der Waals surface area (Å²) in [6.45, 7) is 7.49. The second kappa shape index (κ2) is 7.20. The predicted octanol–water partition coefficient (Wildman–Crippen LogP) is 3.98. The first kappa shape index (κ1) is 14.7. The molecule has 0 fully saturated rings. The molecule has 1 unspecified atom stereocenters. The van der Waals surface area contributed by atoms with Gasteiger partial charge in [0.25, 0.3) is 0 Å². The topological polar surface area (TPSA) is 24.9 Å². The van der Waals surface area contributed by atoms with Gasteiger partial charge in [-0.05, 0) is 50.4 Å². The third-order valence-corrected chi connectivity index (χ3v) is 3.54. The Hall–Kier alpha value is -1.67. The highest BCUT2D eigenvalue weighted by Crippen LogP contribution is 2.21. The zero-order chi connectivity index (χ0) is 14.4. The van der Waals surface area contributed by atoms with E-state index in [-0.39, 0.29) is 0 Å². The third-order valence-electron chi connectivity index (χ3n) is 3.54. The Morgan fingerprint density at radius 1 is 1.15 bits per heavy atom. The standard InChI is InChI=1S/C18H24N2/c1-4-20-18(8-7-16-6-5-9-19-13-16)17-11-14(2)10-15(3)12-17/h5-6,9-13,18,20H,4,7-8H2,1-3H3. The second-order valence-corrected chi connectivity index (χ2v) is 5.43. The zero-order valence-electron chi connectivity index (χ0n) is 12.7. The van der Waals surface area contributed by atoms with E-state index in [0.717, 1.165) is 19.4 Å². The number of nitrogens with zero attached hydrogens (tertiary/aromatic N) is 1. The van der Waals surface area contributed by atoms with Gasteiger partial charge in [0.05, 0.1) is 0 Å². The van der Waals surface area contributed by atoms with E-state index in [1.165, 1.54) is 22.3 Å². The lowest BCUT2D eigenvalue weighted by atomic mass is 9.96. The van der Waals surface area contributed by atoms with Crippen molar-refractivity contribution < 1.29 is 0 Å². The lowest BCUT2D eigenvalue weighted by Crippen LogP contribution is -2.21. The largest absolute Gasteiger partial charge is 0.310 e. The van der Waals surface area contributed by atoms with Gasteiger partial charge in [0.1, 0.15) is 0 Å². The van der Waals surface area contributed by atoms with Gasteiger partial charge in [-0.15, -0.1) is 0 Å². The lowest BCUT2D eigenvalue weighted by molar-refractivity contribution is 0.514. The molecule has 0 amide bonds. The Bertz CT molecular complexity index is 514. The normalized spacial score (nSPS) is 12.3. The van der Waals surface area contributed by atoms with E-state index >= 15 is 0 Å². The number of pyridine rings is 1. The molecule has 2 aromatic rings. The van der Waals surface area contributed by atoms with Crippen molar-refractivity contribution in [1.29, 1.82) is 0 Å². The monoisotopic (exact) mass is 268 g/mol. The molecule has 0 aliphatic carbocycles. The molecule has 0 aliphatic heterocycles. The van der Waals surface area contributed by atoms with Gasteiger partial charge in [0.15, 0.2) is 0 Å². The van der Waals surface area contributed by atoms with Gasteiger partial charge in [-0.2, -0.15) is 0 Å². The van der Waals surface area contributed by atoms with E-state index in [4.69, 9.17) is 0 Å². The fraction of sp³-hybridized carbons (Fsp3) is 0.389. The van der Waals surface area contributed by atoms with Crippen molar-refractivity contribution in [2.24, 2.45) is 0 Å². The fourth-order valence-corrected chi connectivity index (χ4v) is 2.70. The van der Waals surface area contributed by atoms with E-state index in [9.17, 15) is 0 Å². The van der Waals surface area contributed by atoms with Crippen molar-refractivity contribution in [1.82, 2.24) is 10.3 Å². The molecule has 1 atom stereocenters. The number of rotatable bonds is 6. The molecule has 0 spiro atoms. The van der Waals surface area contributed by atoms with Gasteiger partial charge in [-0.1, -0.05) is 42.3 Å². The Kier molecular flexibility index (Phi) is 5.31. The molecule has 20 heavy (non-hydrogen) atoms. The van der Waals surface area contributed by atoms with Gasteiger partial charge in [-0.25, -0.2) is 0 Å². The summed E-state index contributed by atoms with van der Waals surface area (Å²) >= 11 is 0. The molecule has 1 heterocycles. The van der Waals surface area contributed by atoms with Crippen LogP contribution in [0.2, 0.25) is 0 Å². The molecule has 0 radical (unpaired) electrons. The number of hydrogen-bond donors (Lipinski definition) is 1. The van der Waals surface area contributed by atoms with Crippen LogP contribution in [0, 0.1) is 13.8 Å². The van der Waals surface area contributed by atoms with E-state index in [1.807, 2.05) is 18.5 Å². The molecule has 106 valence electrons. The molecule has 0 saturated heterocycles. The van der Waals surface area contributed by atoms with Crippen LogP contribution >= 0.6 is 0 Å². The molecular weight excluding hydrogens is 244 g/mol. The number of nitrogens with one attached hydrogen (secondary N) is 1. The summed E-state index contributed by atoms with van der Waals surface area (Å²) in [5.41, 5.74) is 5.38. The van der Waals surface area contributed by atoms with Gasteiger partial charge < -0.3 is 5.32 Å². The molecule has 0 bridgehead atoms. The zero-order valence-corrected chi connectivity index (χ0v) is 12.7.